The van der Waals surface area contributed by atoms with Crippen molar-refractivity contribution in [1.82, 2.24) is 0 Å². The first-order chi connectivity index (χ1) is 3.71. The van der Waals surface area contributed by atoms with Crippen LogP contribution in [0.2, 0.25) is 0 Å². The van der Waals surface area contributed by atoms with Crippen LogP contribution in [0.4, 0.5) is 0 Å². The highest BCUT2D eigenvalue weighted by atomic mass is 31.2. The summed E-state index contributed by atoms with van der Waals surface area (Å²) in [5.41, 5.74) is 0. The topological polar surface area (TPSA) is 20.2 Å². The minimum atomic E-state index is -1.34. The molecule has 0 bridgehead atoms. The maximum absolute atomic E-state index is 9.49. The predicted molar refractivity (Wildman–Crippen MR) is 38.6 cm³/mol. The van der Waals surface area contributed by atoms with Crippen LogP contribution >= 0.6 is 7.49 Å². The Bertz CT molecular complexity index is 72.6. The molecule has 0 aromatic carbocycles. The first-order valence-corrected chi connectivity index (χ1v) is 5.84. The molecule has 0 unspecified atom stereocenters. The Labute approximate surface area is 51.5 Å². The second kappa shape index (κ2) is 2.33. The zero-order valence-electron chi connectivity index (χ0n) is 5.43. The molecular formula is C6H14OP. The van der Waals surface area contributed by atoms with Crippen molar-refractivity contribution in [3.63, 3.8) is 0 Å². The molecule has 0 atom stereocenters. The van der Waals surface area contributed by atoms with Crippen molar-refractivity contribution < 1.29 is 4.89 Å². The highest BCUT2D eigenvalue weighted by Crippen LogP contribution is 2.54. The summed E-state index contributed by atoms with van der Waals surface area (Å²) < 4.78 is 0. The van der Waals surface area contributed by atoms with Crippen LogP contribution in [0.1, 0.15) is 19.3 Å². The molecule has 1 nitrogen and oxygen atoms in total. The Hall–Kier alpha value is 0.390. The van der Waals surface area contributed by atoms with Gasteiger partial charge in [0.25, 0.3) is 0 Å². The Kier molecular flexibility index (Phi) is 1.89. The van der Waals surface area contributed by atoms with Crippen LogP contribution in [0.3, 0.4) is 0 Å². The molecule has 2 heteroatoms. The van der Waals surface area contributed by atoms with Crippen LogP contribution in [0.15, 0.2) is 0 Å². The lowest BCUT2D eigenvalue weighted by molar-refractivity contribution is 0.575. The van der Waals surface area contributed by atoms with Gasteiger partial charge in [0.15, 0.2) is 0 Å². The van der Waals surface area contributed by atoms with Gasteiger partial charge in [0.05, 0.1) is 0 Å². The van der Waals surface area contributed by atoms with Crippen LogP contribution in [0.25, 0.3) is 0 Å². The minimum Gasteiger partial charge on any atom is -0.380 e. The SMILES string of the molecule is C[P]1(O)CCCCC1. The second-order valence-electron chi connectivity index (χ2n) is 2.85. The largest absolute Gasteiger partial charge is 0.380 e. The fraction of sp³-hybridized carbons (Fsp3) is 1.00. The van der Waals surface area contributed by atoms with E-state index >= 15 is 0 Å². The van der Waals surface area contributed by atoms with E-state index in [1.807, 2.05) is 6.66 Å². The average molecular weight is 133 g/mol. The minimum absolute atomic E-state index is 1.12. The molecule has 1 radical (unpaired) electrons. The van der Waals surface area contributed by atoms with Gasteiger partial charge < -0.3 is 4.89 Å². The fourth-order valence-corrected chi connectivity index (χ4v) is 3.23. The highest BCUT2D eigenvalue weighted by molar-refractivity contribution is 7.69. The van der Waals surface area contributed by atoms with Gasteiger partial charge in [-0.2, -0.15) is 0 Å². The van der Waals surface area contributed by atoms with E-state index in [2.05, 4.69) is 0 Å². The number of hydrogen-bond acceptors (Lipinski definition) is 1. The first-order valence-electron chi connectivity index (χ1n) is 3.28. The third-order valence-corrected chi connectivity index (χ3v) is 4.34. The van der Waals surface area contributed by atoms with Crippen molar-refractivity contribution in [2.75, 3.05) is 19.0 Å². The second-order valence-corrected chi connectivity index (χ2v) is 6.42. The van der Waals surface area contributed by atoms with Crippen LogP contribution < -0.4 is 0 Å². The van der Waals surface area contributed by atoms with Crippen molar-refractivity contribution >= 4 is 7.49 Å². The van der Waals surface area contributed by atoms with Crippen LogP contribution in [-0.2, 0) is 0 Å². The molecule has 1 aliphatic rings. The van der Waals surface area contributed by atoms with Gasteiger partial charge in [-0.15, -0.1) is 0 Å². The van der Waals surface area contributed by atoms with E-state index in [0.717, 1.165) is 12.3 Å². The summed E-state index contributed by atoms with van der Waals surface area (Å²) in [6, 6.07) is 0. The zero-order valence-corrected chi connectivity index (χ0v) is 6.32. The van der Waals surface area contributed by atoms with Gasteiger partial charge in [0, 0.05) is 0 Å². The summed E-state index contributed by atoms with van der Waals surface area (Å²) >= 11 is 0. The van der Waals surface area contributed by atoms with E-state index in [9.17, 15) is 4.89 Å². The maximum atomic E-state index is 9.49. The summed E-state index contributed by atoms with van der Waals surface area (Å²) in [5.74, 6) is 0. The third-order valence-electron chi connectivity index (χ3n) is 1.78. The molecule has 1 aliphatic heterocycles. The Morgan fingerprint density at radius 3 is 1.88 bits per heavy atom. The van der Waals surface area contributed by atoms with Crippen LogP contribution in [-0.4, -0.2) is 23.9 Å². The van der Waals surface area contributed by atoms with E-state index in [1.54, 1.807) is 0 Å². The number of rotatable bonds is 0. The van der Waals surface area contributed by atoms with E-state index in [0.29, 0.717) is 0 Å². The molecule has 0 aromatic heterocycles. The van der Waals surface area contributed by atoms with E-state index in [1.165, 1.54) is 19.3 Å². The van der Waals surface area contributed by atoms with Crippen molar-refractivity contribution in [3.05, 3.63) is 0 Å². The summed E-state index contributed by atoms with van der Waals surface area (Å²) in [4.78, 5) is 9.49. The van der Waals surface area contributed by atoms with Gasteiger partial charge in [0.1, 0.15) is 0 Å². The fourth-order valence-electron chi connectivity index (χ4n) is 1.19. The van der Waals surface area contributed by atoms with Crippen LogP contribution in [0, 0.1) is 0 Å². The summed E-state index contributed by atoms with van der Waals surface area (Å²) in [6.07, 6.45) is 6.11. The molecule has 0 amide bonds. The highest BCUT2D eigenvalue weighted by Gasteiger charge is 2.19. The van der Waals surface area contributed by atoms with Gasteiger partial charge in [0.2, 0.25) is 0 Å². The monoisotopic (exact) mass is 133 g/mol. The van der Waals surface area contributed by atoms with E-state index in [-0.39, 0.29) is 0 Å². The molecule has 49 valence electrons. The van der Waals surface area contributed by atoms with Gasteiger partial charge >= 0.3 is 0 Å². The van der Waals surface area contributed by atoms with Gasteiger partial charge in [-0.1, -0.05) is 6.42 Å². The van der Waals surface area contributed by atoms with Crippen LogP contribution in [0.5, 0.6) is 0 Å². The Morgan fingerprint density at radius 1 is 1.12 bits per heavy atom. The Morgan fingerprint density at radius 2 is 1.62 bits per heavy atom. The van der Waals surface area contributed by atoms with E-state index < -0.39 is 7.49 Å². The standard InChI is InChI=1S/C6H14OP/c1-8(7)5-3-2-4-6-8/h7H,2-6H2,1H3. The molecule has 0 spiro atoms. The lowest BCUT2D eigenvalue weighted by atomic mass is 10.3. The lowest BCUT2D eigenvalue weighted by Gasteiger charge is -2.29. The van der Waals surface area contributed by atoms with Crippen molar-refractivity contribution in [2.45, 2.75) is 19.3 Å². The predicted octanol–water partition coefficient (Wildman–Crippen LogP) is 1.72. The molecule has 1 saturated heterocycles. The normalized spacial score (nSPS) is 27.8. The number of hydrogen-bond donors (Lipinski definition) is 1. The van der Waals surface area contributed by atoms with Gasteiger partial charge in [-0.3, -0.25) is 0 Å². The average Bonchev–Trinajstić information content (AvgIpc) is 1.65. The van der Waals surface area contributed by atoms with Gasteiger partial charge in [-0.25, -0.2) is 0 Å². The zero-order chi connectivity index (χ0) is 6.04. The van der Waals surface area contributed by atoms with Gasteiger partial charge in [-0.05, 0) is 39.3 Å². The molecule has 0 aromatic rings. The van der Waals surface area contributed by atoms with E-state index in [4.69, 9.17) is 0 Å². The summed E-state index contributed by atoms with van der Waals surface area (Å²) in [6.45, 7) is 2.05. The smallest absolute Gasteiger partial charge is 0.0139 e. The third kappa shape index (κ3) is 1.72. The Balaban J connectivity index is 2.33. The molecule has 1 N–H and O–H groups in total. The molecule has 1 heterocycles. The molecule has 0 aliphatic carbocycles. The van der Waals surface area contributed by atoms with Crippen molar-refractivity contribution in [2.24, 2.45) is 0 Å². The molecular weight excluding hydrogens is 119 g/mol. The lowest BCUT2D eigenvalue weighted by Crippen LogP contribution is -2.06. The molecule has 1 fully saturated rings. The summed E-state index contributed by atoms with van der Waals surface area (Å²) in [5, 5.41) is 0. The quantitative estimate of drug-likeness (QED) is 0.499. The first kappa shape index (κ1) is 6.51. The molecule has 8 heavy (non-hydrogen) atoms. The maximum Gasteiger partial charge on any atom is -0.0139 e. The van der Waals surface area contributed by atoms with Crippen molar-refractivity contribution in [1.29, 1.82) is 0 Å². The molecule has 0 saturated carbocycles. The van der Waals surface area contributed by atoms with Crippen molar-refractivity contribution in [3.8, 4) is 0 Å². The molecule has 1 rings (SSSR count). The summed E-state index contributed by atoms with van der Waals surface area (Å²) in [7, 11) is -1.34.